The summed E-state index contributed by atoms with van der Waals surface area (Å²) in [4.78, 5) is 11.4. The van der Waals surface area contributed by atoms with E-state index in [1.54, 1.807) is 0 Å². The Morgan fingerprint density at radius 3 is 2.56 bits per heavy atom. The first-order chi connectivity index (χ1) is 12.8. The van der Waals surface area contributed by atoms with Gasteiger partial charge in [0.1, 0.15) is 17.3 Å². The van der Waals surface area contributed by atoms with Crippen LogP contribution in [-0.2, 0) is 14.8 Å². The Morgan fingerprint density at radius 1 is 1.19 bits per heavy atom. The van der Waals surface area contributed by atoms with Crippen LogP contribution in [0, 0.1) is 0 Å². The highest BCUT2D eigenvalue weighted by molar-refractivity contribution is 7.89. The molecule has 0 aliphatic heterocycles. The van der Waals surface area contributed by atoms with E-state index in [-0.39, 0.29) is 34.6 Å². The van der Waals surface area contributed by atoms with Crippen molar-refractivity contribution in [3.05, 3.63) is 58.6 Å². The molecule has 0 aliphatic carbocycles. The molecule has 2 aromatic carbocycles. The van der Waals surface area contributed by atoms with E-state index < -0.39 is 16.0 Å². The van der Waals surface area contributed by atoms with Gasteiger partial charge in [0, 0.05) is 6.54 Å². The van der Waals surface area contributed by atoms with Gasteiger partial charge in [-0.05, 0) is 35.7 Å². The first-order valence-corrected chi connectivity index (χ1v) is 10.2. The van der Waals surface area contributed by atoms with E-state index in [0.29, 0.717) is 0 Å². The van der Waals surface area contributed by atoms with E-state index in [1.807, 2.05) is 24.3 Å². The van der Waals surface area contributed by atoms with Crippen LogP contribution in [0.4, 0.5) is 0 Å². The van der Waals surface area contributed by atoms with E-state index in [2.05, 4.69) is 23.3 Å². The van der Waals surface area contributed by atoms with Crippen molar-refractivity contribution in [2.24, 2.45) is 0 Å². The largest absolute Gasteiger partial charge is 0.492 e. The van der Waals surface area contributed by atoms with Crippen molar-refractivity contribution in [2.45, 2.75) is 24.7 Å². The summed E-state index contributed by atoms with van der Waals surface area (Å²) in [6, 6.07) is 11.6. The van der Waals surface area contributed by atoms with Crippen molar-refractivity contribution in [3.8, 4) is 5.75 Å². The minimum Gasteiger partial charge on any atom is -0.492 e. The van der Waals surface area contributed by atoms with Crippen LogP contribution < -0.4 is 9.46 Å². The zero-order valence-corrected chi connectivity index (χ0v) is 16.9. The molecule has 2 aromatic rings. The maximum Gasteiger partial charge on any atom is 0.337 e. The van der Waals surface area contributed by atoms with Crippen molar-refractivity contribution in [2.75, 3.05) is 20.3 Å². The number of para-hydroxylation sites is 1. The molecule has 146 valence electrons. The summed E-state index contributed by atoms with van der Waals surface area (Å²) in [6.07, 6.45) is 0. The van der Waals surface area contributed by atoms with Crippen LogP contribution in [0.2, 0.25) is 5.02 Å². The van der Waals surface area contributed by atoms with E-state index in [1.165, 1.54) is 25.3 Å². The first kappa shape index (κ1) is 21.2. The number of ether oxygens (including phenoxy) is 2. The smallest absolute Gasteiger partial charge is 0.337 e. The summed E-state index contributed by atoms with van der Waals surface area (Å²) in [7, 11) is -2.69. The van der Waals surface area contributed by atoms with Crippen LogP contribution in [0.1, 0.15) is 35.7 Å². The monoisotopic (exact) mass is 411 g/mol. The lowest BCUT2D eigenvalue weighted by atomic mass is 10.0. The normalized spacial score (nSPS) is 11.4. The van der Waals surface area contributed by atoms with Gasteiger partial charge in [0.2, 0.25) is 10.0 Å². The molecule has 0 aromatic heterocycles. The molecule has 0 unspecified atom stereocenters. The Kier molecular flexibility index (Phi) is 7.24. The Bertz CT molecular complexity index is 912. The second kappa shape index (κ2) is 9.21. The highest BCUT2D eigenvalue weighted by Gasteiger charge is 2.20. The minimum absolute atomic E-state index is 0.0150. The number of nitrogens with one attached hydrogen (secondary N) is 1. The van der Waals surface area contributed by atoms with Crippen LogP contribution >= 0.6 is 11.6 Å². The Labute approximate surface area is 164 Å². The molecule has 8 heteroatoms. The molecule has 0 saturated carbocycles. The number of hydrogen-bond donors (Lipinski definition) is 1. The molecule has 0 spiro atoms. The van der Waals surface area contributed by atoms with Gasteiger partial charge in [-0.15, -0.1) is 0 Å². The molecule has 6 nitrogen and oxygen atoms in total. The molecule has 2 rings (SSSR count). The standard InChI is InChI=1S/C19H22ClNO5S/c1-13(2)15-6-4-5-7-17(15)26-11-10-21-27(23,24)18-12-14(19(22)25-3)8-9-16(18)20/h4-9,12-13,21H,10-11H2,1-3H3. The lowest BCUT2D eigenvalue weighted by Gasteiger charge is -2.14. The van der Waals surface area contributed by atoms with Crippen molar-refractivity contribution in [1.29, 1.82) is 0 Å². The number of halogens is 1. The van der Waals surface area contributed by atoms with Gasteiger partial charge in [0.15, 0.2) is 0 Å². The zero-order valence-electron chi connectivity index (χ0n) is 15.4. The number of sulfonamides is 1. The molecule has 0 radical (unpaired) electrons. The van der Waals surface area contributed by atoms with Crippen LogP contribution in [0.25, 0.3) is 0 Å². The van der Waals surface area contributed by atoms with Crippen molar-refractivity contribution in [1.82, 2.24) is 4.72 Å². The molecular weight excluding hydrogens is 390 g/mol. The Hall–Kier alpha value is -2.09. The highest BCUT2D eigenvalue weighted by Crippen LogP contribution is 2.26. The molecule has 27 heavy (non-hydrogen) atoms. The van der Waals surface area contributed by atoms with Crippen molar-refractivity contribution < 1.29 is 22.7 Å². The lowest BCUT2D eigenvalue weighted by molar-refractivity contribution is 0.0600. The average molecular weight is 412 g/mol. The van der Waals surface area contributed by atoms with Gasteiger partial charge in [0.05, 0.1) is 17.7 Å². The van der Waals surface area contributed by atoms with Gasteiger partial charge in [-0.2, -0.15) is 0 Å². The van der Waals surface area contributed by atoms with Crippen LogP contribution in [0.15, 0.2) is 47.4 Å². The fourth-order valence-corrected chi connectivity index (χ4v) is 3.99. The predicted molar refractivity (Wildman–Crippen MR) is 104 cm³/mol. The molecule has 0 fully saturated rings. The van der Waals surface area contributed by atoms with Crippen LogP contribution in [0.3, 0.4) is 0 Å². The second-order valence-corrected chi connectivity index (χ2v) is 8.22. The summed E-state index contributed by atoms with van der Waals surface area (Å²) in [5.41, 5.74) is 1.15. The number of benzene rings is 2. The van der Waals surface area contributed by atoms with Gasteiger partial charge in [-0.3, -0.25) is 0 Å². The predicted octanol–water partition coefficient (Wildman–Crippen LogP) is 3.61. The number of carbonyl (C=O) groups is 1. The van der Waals surface area contributed by atoms with Gasteiger partial charge < -0.3 is 9.47 Å². The zero-order chi connectivity index (χ0) is 20.0. The lowest BCUT2D eigenvalue weighted by Crippen LogP contribution is -2.28. The number of methoxy groups -OCH3 is 1. The molecule has 1 N–H and O–H groups in total. The number of rotatable bonds is 8. The summed E-state index contributed by atoms with van der Waals surface area (Å²) < 4.78 is 37.7. The minimum atomic E-state index is -3.91. The fraction of sp³-hybridized carbons (Fsp3) is 0.316. The SMILES string of the molecule is COC(=O)c1ccc(Cl)c(S(=O)(=O)NCCOc2ccccc2C(C)C)c1. The first-order valence-electron chi connectivity index (χ1n) is 8.35. The van der Waals surface area contributed by atoms with E-state index in [4.69, 9.17) is 16.3 Å². The highest BCUT2D eigenvalue weighted by atomic mass is 35.5. The van der Waals surface area contributed by atoms with E-state index in [9.17, 15) is 13.2 Å². The second-order valence-electron chi connectivity index (χ2n) is 6.08. The van der Waals surface area contributed by atoms with Crippen LogP contribution in [0.5, 0.6) is 5.75 Å². The van der Waals surface area contributed by atoms with Crippen molar-refractivity contribution in [3.63, 3.8) is 0 Å². The summed E-state index contributed by atoms with van der Waals surface area (Å²) in [6.45, 7) is 4.31. The molecule has 0 saturated heterocycles. The number of carbonyl (C=O) groups excluding carboxylic acids is 1. The van der Waals surface area contributed by atoms with Gasteiger partial charge in [-0.1, -0.05) is 43.6 Å². The van der Waals surface area contributed by atoms with E-state index in [0.717, 1.165) is 11.3 Å². The summed E-state index contributed by atoms with van der Waals surface area (Å²) >= 11 is 5.99. The van der Waals surface area contributed by atoms with Crippen LogP contribution in [-0.4, -0.2) is 34.6 Å². The molecular formula is C19H22ClNO5S. The van der Waals surface area contributed by atoms with Gasteiger partial charge in [-0.25, -0.2) is 17.9 Å². The average Bonchev–Trinajstić information content (AvgIpc) is 2.65. The van der Waals surface area contributed by atoms with E-state index >= 15 is 0 Å². The third kappa shape index (κ3) is 5.45. The maximum absolute atomic E-state index is 12.5. The summed E-state index contributed by atoms with van der Waals surface area (Å²) in [5, 5.41) is 0.0150. The third-order valence-electron chi connectivity index (χ3n) is 3.83. The molecule has 0 heterocycles. The van der Waals surface area contributed by atoms with Gasteiger partial charge in [0.25, 0.3) is 0 Å². The molecule has 0 atom stereocenters. The molecule has 0 amide bonds. The molecule has 0 aliphatic rings. The number of hydrogen-bond acceptors (Lipinski definition) is 5. The van der Waals surface area contributed by atoms with Crippen molar-refractivity contribution >= 4 is 27.6 Å². The molecule has 0 bridgehead atoms. The van der Waals surface area contributed by atoms with Gasteiger partial charge >= 0.3 is 5.97 Å². The quantitative estimate of drug-likeness (QED) is 0.530. The Balaban J connectivity index is 2.05. The topological polar surface area (TPSA) is 81.7 Å². The fourth-order valence-electron chi connectivity index (χ4n) is 2.46. The maximum atomic E-state index is 12.5. The Morgan fingerprint density at radius 2 is 1.89 bits per heavy atom. The number of esters is 1. The summed E-state index contributed by atoms with van der Waals surface area (Å²) in [5.74, 6) is 0.368. The third-order valence-corrected chi connectivity index (χ3v) is 5.78.